The van der Waals surface area contributed by atoms with Gasteiger partial charge in [-0.2, -0.15) is 0 Å². The van der Waals surface area contributed by atoms with Crippen LogP contribution in [0.5, 0.6) is 0 Å². The first-order chi connectivity index (χ1) is 13.0. The lowest BCUT2D eigenvalue weighted by atomic mass is 9.92. The first kappa shape index (κ1) is 18.2. The van der Waals surface area contributed by atoms with Crippen molar-refractivity contribution in [3.05, 3.63) is 70.3 Å². The van der Waals surface area contributed by atoms with Gasteiger partial charge in [0.25, 0.3) is 11.6 Å². The molecule has 0 spiro atoms. The Labute approximate surface area is 154 Å². The third kappa shape index (κ3) is 3.29. The van der Waals surface area contributed by atoms with Crippen molar-refractivity contribution in [1.29, 1.82) is 0 Å². The van der Waals surface area contributed by atoms with Crippen LogP contribution in [-0.4, -0.2) is 29.2 Å². The predicted octanol–water partition coefficient (Wildman–Crippen LogP) is 2.43. The van der Waals surface area contributed by atoms with Crippen molar-refractivity contribution in [1.82, 2.24) is 0 Å². The maximum absolute atomic E-state index is 12.6. The minimum atomic E-state index is -1.33. The van der Waals surface area contributed by atoms with E-state index in [-0.39, 0.29) is 12.3 Å². The summed E-state index contributed by atoms with van der Waals surface area (Å²) in [5.41, 5.74) is 0.751. The predicted molar refractivity (Wildman–Crippen MR) is 94.9 cm³/mol. The molecular weight excluding hydrogens is 352 g/mol. The minimum Gasteiger partial charge on any atom is -0.465 e. The van der Waals surface area contributed by atoms with Crippen LogP contribution in [-0.2, 0) is 19.1 Å². The Kier molecular flexibility index (Phi) is 4.98. The standard InChI is InChI=1S/C19H16N2O6/c1-2-27-19(24)15-16(12-8-10-14(11-9-12)21(25)26)20(18(23)17(15)22)13-6-4-3-5-7-13/h3-11,15-16H,2H2,1H3/t15-,16-/m1/s1. The lowest BCUT2D eigenvalue weighted by Crippen LogP contribution is -2.31. The van der Waals surface area contributed by atoms with Crippen molar-refractivity contribution in [3.8, 4) is 0 Å². The highest BCUT2D eigenvalue weighted by Crippen LogP contribution is 2.40. The average molecular weight is 368 g/mol. The summed E-state index contributed by atoms with van der Waals surface area (Å²) in [6.45, 7) is 1.67. The Bertz CT molecular complexity index is 894. The Morgan fingerprint density at radius 3 is 2.30 bits per heavy atom. The Morgan fingerprint density at radius 1 is 1.11 bits per heavy atom. The maximum Gasteiger partial charge on any atom is 0.319 e. The van der Waals surface area contributed by atoms with Gasteiger partial charge in [-0.15, -0.1) is 0 Å². The van der Waals surface area contributed by atoms with Crippen LogP contribution in [0.3, 0.4) is 0 Å². The highest BCUT2D eigenvalue weighted by Gasteiger charge is 2.53. The summed E-state index contributed by atoms with van der Waals surface area (Å²) in [6.07, 6.45) is 0. The lowest BCUT2D eigenvalue weighted by molar-refractivity contribution is -0.384. The van der Waals surface area contributed by atoms with E-state index in [1.165, 1.54) is 29.2 Å². The zero-order chi connectivity index (χ0) is 19.6. The van der Waals surface area contributed by atoms with Crippen molar-refractivity contribution in [2.24, 2.45) is 5.92 Å². The van der Waals surface area contributed by atoms with Crippen molar-refractivity contribution in [2.75, 3.05) is 11.5 Å². The molecule has 1 fully saturated rings. The number of Topliss-reactive ketones (excluding diaryl/α,β-unsaturated/α-hetero) is 1. The van der Waals surface area contributed by atoms with Crippen LogP contribution < -0.4 is 4.90 Å². The van der Waals surface area contributed by atoms with Crippen LogP contribution >= 0.6 is 0 Å². The van der Waals surface area contributed by atoms with Crippen molar-refractivity contribution in [2.45, 2.75) is 13.0 Å². The number of rotatable bonds is 5. The summed E-state index contributed by atoms with van der Waals surface area (Å²) in [6, 6.07) is 13.0. The van der Waals surface area contributed by atoms with Crippen LogP contribution in [0.1, 0.15) is 18.5 Å². The van der Waals surface area contributed by atoms with Gasteiger partial charge in [-0.25, -0.2) is 0 Å². The van der Waals surface area contributed by atoms with Crippen LogP contribution in [0.2, 0.25) is 0 Å². The SMILES string of the molecule is CCOC(=O)[C@H]1C(=O)C(=O)N(c2ccccc2)[C@@H]1c1ccc([N+](=O)[O-])cc1. The van der Waals surface area contributed by atoms with Gasteiger partial charge in [0.15, 0.2) is 0 Å². The fourth-order valence-corrected chi connectivity index (χ4v) is 3.14. The number of non-ortho nitro benzene ring substituents is 1. The first-order valence-electron chi connectivity index (χ1n) is 8.29. The van der Waals surface area contributed by atoms with Crippen LogP contribution in [0.4, 0.5) is 11.4 Å². The number of ether oxygens (including phenoxy) is 1. The first-order valence-corrected chi connectivity index (χ1v) is 8.29. The number of nitro groups is 1. The number of nitro benzene ring substituents is 1. The third-order valence-electron chi connectivity index (χ3n) is 4.33. The number of ketones is 1. The quantitative estimate of drug-likeness (QED) is 0.264. The topological polar surface area (TPSA) is 107 Å². The summed E-state index contributed by atoms with van der Waals surface area (Å²) >= 11 is 0. The highest BCUT2D eigenvalue weighted by atomic mass is 16.6. The number of anilines is 1. The van der Waals surface area contributed by atoms with Gasteiger partial charge in [0.1, 0.15) is 5.92 Å². The number of esters is 1. The van der Waals surface area contributed by atoms with Crippen LogP contribution in [0, 0.1) is 16.0 Å². The average Bonchev–Trinajstić information content (AvgIpc) is 2.94. The molecule has 1 heterocycles. The van der Waals surface area contributed by atoms with Gasteiger partial charge in [0.05, 0.1) is 17.6 Å². The van der Waals surface area contributed by atoms with Gasteiger partial charge in [-0.3, -0.25) is 29.4 Å². The summed E-state index contributed by atoms with van der Waals surface area (Å²) in [7, 11) is 0. The van der Waals surface area contributed by atoms with Gasteiger partial charge in [-0.1, -0.05) is 30.3 Å². The number of amides is 1. The molecule has 2 atom stereocenters. The third-order valence-corrected chi connectivity index (χ3v) is 4.33. The molecule has 0 aromatic heterocycles. The second-order valence-corrected chi connectivity index (χ2v) is 5.90. The normalized spacial score (nSPS) is 19.2. The molecule has 2 aromatic rings. The molecule has 0 bridgehead atoms. The zero-order valence-corrected chi connectivity index (χ0v) is 14.4. The summed E-state index contributed by atoms with van der Waals surface area (Å²) in [5, 5.41) is 10.9. The van der Waals surface area contributed by atoms with Gasteiger partial charge in [0.2, 0.25) is 5.78 Å². The van der Waals surface area contributed by atoms with Crippen molar-refractivity contribution < 1.29 is 24.0 Å². The van der Waals surface area contributed by atoms with Crippen molar-refractivity contribution in [3.63, 3.8) is 0 Å². The van der Waals surface area contributed by atoms with E-state index in [0.717, 1.165) is 0 Å². The number of carbonyl (C=O) groups excluding carboxylic acids is 3. The summed E-state index contributed by atoms with van der Waals surface area (Å²) in [4.78, 5) is 49.2. The van der Waals surface area contributed by atoms with E-state index in [0.29, 0.717) is 11.3 Å². The van der Waals surface area contributed by atoms with Gasteiger partial charge in [0, 0.05) is 17.8 Å². The van der Waals surface area contributed by atoms with E-state index in [2.05, 4.69) is 0 Å². The van der Waals surface area contributed by atoms with E-state index < -0.39 is 34.5 Å². The molecule has 138 valence electrons. The Hall–Kier alpha value is -3.55. The molecule has 1 aliphatic rings. The number of para-hydroxylation sites is 1. The molecular formula is C19H16N2O6. The molecule has 1 amide bonds. The number of hydrogen-bond donors (Lipinski definition) is 0. The van der Waals surface area contributed by atoms with E-state index in [9.17, 15) is 24.5 Å². The smallest absolute Gasteiger partial charge is 0.319 e. The second kappa shape index (κ2) is 7.36. The van der Waals surface area contributed by atoms with E-state index >= 15 is 0 Å². The number of benzene rings is 2. The van der Waals surface area contributed by atoms with Gasteiger partial charge in [-0.05, 0) is 24.6 Å². The van der Waals surface area contributed by atoms with E-state index in [4.69, 9.17) is 4.74 Å². The monoisotopic (exact) mass is 368 g/mol. The molecule has 8 heteroatoms. The Morgan fingerprint density at radius 2 is 1.74 bits per heavy atom. The molecule has 2 aromatic carbocycles. The maximum atomic E-state index is 12.6. The molecule has 3 rings (SSSR count). The molecule has 27 heavy (non-hydrogen) atoms. The fraction of sp³-hybridized carbons (Fsp3) is 0.211. The zero-order valence-electron chi connectivity index (χ0n) is 14.4. The second-order valence-electron chi connectivity index (χ2n) is 5.90. The molecule has 8 nitrogen and oxygen atoms in total. The lowest BCUT2D eigenvalue weighted by Gasteiger charge is -2.26. The minimum absolute atomic E-state index is 0.0646. The van der Waals surface area contributed by atoms with E-state index in [1.54, 1.807) is 37.3 Å². The van der Waals surface area contributed by atoms with Crippen LogP contribution in [0.25, 0.3) is 0 Å². The molecule has 1 saturated heterocycles. The summed E-state index contributed by atoms with van der Waals surface area (Å²) < 4.78 is 5.00. The number of hydrogen-bond acceptors (Lipinski definition) is 6. The van der Waals surface area contributed by atoms with Gasteiger partial charge < -0.3 is 4.74 Å². The van der Waals surface area contributed by atoms with E-state index in [1.807, 2.05) is 0 Å². The molecule has 0 N–H and O–H groups in total. The Balaban J connectivity index is 2.11. The molecule has 0 unspecified atom stereocenters. The van der Waals surface area contributed by atoms with Gasteiger partial charge >= 0.3 is 5.97 Å². The number of nitrogens with zero attached hydrogens (tertiary/aromatic N) is 2. The fourth-order valence-electron chi connectivity index (χ4n) is 3.14. The van der Waals surface area contributed by atoms with Crippen LogP contribution in [0.15, 0.2) is 54.6 Å². The highest BCUT2D eigenvalue weighted by molar-refractivity contribution is 6.47. The summed E-state index contributed by atoms with van der Waals surface area (Å²) in [5.74, 6) is -3.81. The molecule has 0 aliphatic carbocycles. The molecule has 0 radical (unpaired) electrons. The molecule has 0 saturated carbocycles. The molecule has 1 aliphatic heterocycles. The van der Waals surface area contributed by atoms with Crippen molar-refractivity contribution >= 4 is 29.0 Å². The number of carbonyl (C=O) groups is 3. The largest absolute Gasteiger partial charge is 0.465 e.